The lowest BCUT2D eigenvalue weighted by Gasteiger charge is -2.28. The third-order valence-electron chi connectivity index (χ3n) is 3.24. The predicted octanol–water partition coefficient (Wildman–Crippen LogP) is 3.41. The molecule has 1 aliphatic rings. The summed E-state index contributed by atoms with van der Waals surface area (Å²) in [6.45, 7) is 9.62. The minimum atomic E-state index is 0.799. The summed E-state index contributed by atoms with van der Waals surface area (Å²) >= 11 is 0. The van der Waals surface area contributed by atoms with Crippen molar-refractivity contribution in [3.63, 3.8) is 0 Å². The van der Waals surface area contributed by atoms with Gasteiger partial charge in [-0.1, -0.05) is 32.0 Å². The molecule has 0 amide bonds. The highest BCUT2D eigenvalue weighted by atomic mass is 16.5. The van der Waals surface area contributed by atoms with Gasteiger partial charge < -0.3 is 9.64 Å². The summed E-state index contributed by atoms with van der Waals surface area (Å²) in [6.07, 6.45) is 0. The lowest BCUT2D eigenvalue weighted by atomic mass is 10.1. The highest BCUT2D eigenvalue weighted by molar-refractivity contribution is 5.83. The molecule has 0 N–H and O–H groups in total. The van der Waals surface area contributed by atoms with E-state index >= 15 is 0 Å². The van der Waals surface area contributed by atoms with Crippen LogP contribution in [0.5, 0.6) is 0 Å². The first kappa shape index (κ1) is 13.8. The SMILES string of the molecule is CC.Cc1cc(N2CCOCC2)nc2ccccc12. The van der Waals surface area contributed by atoms with Gasteiger partial charge >= 0.3 is 0 Å². The summed E-state index contributed by atoms with van der Waals surface area (Å²) in [5.41, 5.74) is 2.37. The van der Waals surface area contributed by atoms with Gasteiger partial charge in [0.15, 0.2) is 0 Å². The average Bonchev–Trinajstić information content (AvgIpc) is 2.50. The molecule has 1 fully saturated rings. The molecule has 1 saturated heterocycles. The summed E-state index contributed by atoms with van der Waals surface area (Å²) in [7, 11) is 0. The fourth-order valence-electron chi connectivity index (χ4n) is 2.29. The van der Waals surface area contributed by atoms with Crippen molar-refractivity contribution in [2.45, 2.75) is 20.8 Å². The summed E-state index contributed by atoms with van der Waals surface area (Å²) in [4.78, 5) is 7.02. The first-order valence-electron chi connectivity index (χ1n) is 7.04. The van der Waals surface area contributed by atoms with Crippen LogP contribution in [0, 0.1) is 6.92 Å². The highest BCUT2D eigenvalue weighted by Crippen LogP contribution is 2.22. The molecule has 1 aliphatic heterocycles. The molecule has 102 valence electrons. The van der Waals surface area contributed by atoms with Crippen LogP contribution >= 0.6 is 0 Å². The second-order valence-electron chi connectivity index (χ2n) is 4.41. The van der Waals surface area contributed by atoms with Crippen molar-refractivity contribution in [1.29, 1.82) is 0 Å². The van der Waals surface area contributed by atoms with Crippen LogP contribution in [0.25, 0.3) is 10.9 Å². The van der Waals surface area contributed by atoms with Crippen LogP contribution in [-0.2, 0) is 4.74 Å². The fraction of sp³-hybridized carbons (Fsp3) is 0.438. The summed E-state index contributed by atoms with van der Waals surface area (Å²) in [6, 6.07) is 10.5. The zero-order chi connectivity index (χ0) is 13.7. The van der Waals surface area contributed by atoms with Gasteiger partial charge in [-0.15, -0.1) is 0 Å². The third-order valence-corrected chi connectivity index (χ3v) is 3.24. The maximum Gasteiger partial charge on any atom is 0.129 e. The third kappa shape index (κ3) is 3.04. The molecule has 0 saturated carbocycles. The first-order chi connectivity index (χ1) is 9.34. The van der Waals surface area contributed by atoms with Crippen LogP contribution < -0.4 is 4.90 Å². The van der Waals surface area contributed by atoms with Gasteiger partial charge in [0, 0.05) is 18.5 Å². The van der Waals surface area contributed by atoms with E-state index in [1.807, 2.05) is 19.9 Å². The van der Waals surface area contributed by atoms with Gasteiger partial charge in [0.25, 0.3) is 0 Å². The number of anilines is 1. The fourth-order valence-corrected chi connectivity index (χ4v) is 2.29. The van der Waals surface area contributed by atoms with Crippen LogP contribution in [0.15, 0.2) is 30.3 Å². The minimum absolute atomic E-state index is 0.799. The molecule has 0 spiro atoms. The largest absolute Gasteiger partial charge is 0.378 e. The van der Waals surface area contributed by atoms with E-state index in [0.717, 1.165) is 37.6 Å². The Balaban J connectivity index is 0.000000637. The van der Waals surface area contributed by atoms with Crippen LogP contribution in [0.2, 0.25) is 0 Å². The topological polar surface area (TPSA) is 25.4 Å². The Bertz CT molecular complexity index is 533. The number of para-hydroxylation sites is 1. The van der Waals surface area contributed by atoms with Crippen molar-refractivity contribution in [2.24, 2.45) is 0 Å². The number of morpholine rings is 1. The van der Waals surface area contributed by atoms with E-state index < -0.39 is 0 Å². The lowest BCUT2D eigenvalue weighted by molar-refractivity contribution is 0.122. The van der Waals surface area contributed by atoms with Gasteiger partial charge in [0.1, 0.15) is 5.82 Å². The molecule has 0 radical (unpaired) electrons. The molecule has 3 rings (SSSR count). The molecule has 0 bridgehead atoms. The van der Waals surface area contributed by atoms with E-state index in [-0.39, 0.29) is 0 Å². The predicted molar refractivity (Wildman–Crippen MR) is 80.9 cm³/mol. The summed E-state index contributed by atoms with van der Waals surface area (Å²) < 4.78 is 5.37. The molecule has 2 heterocycles. The summed E-state index contributed by atoms with van der Waals surface area (Å²) in [5.74, 6) is 1.07. The van der Waals surface area contributed by atoms with Gasteiger partial charge in [-0.05, 0) is 24.6 Å². The summed E-state index contributed by atoms with van der Waals surface area (Å²) in [5, 5.41) is 1.24. The lowest BCUT2D eigenvalue weighted by Crippen LogP contribution is -2.36. The average molecular weight is 258 g/mol. The van der Waals surface area contributed by atoms with E-state index in [2.05, 4.69) is 36.1 Å². The molecule has 2 aromatic rings. The van der Waals surface area contributed by atoms with Gasteiger partial charge in [0.05, 0.1) is 18.7 Å². The highest BCUT2D eigenvalue weighted by Gasteiger charge is 2.13. The Morgan fingerprint density at radius 1 is 1.11 bits per heavy atom. The van der Waals surface area contributed by atoms with E-state index in [1.165, 1.54) is 10.9 Å². The zero-order valence-electron chi connectivity index (χ0n) is 12.0. The van der Waals surface area contributed by atoms with Crippen molar-refractivity contribution < 1.29 is 4.74 Å². The molecular formula is C16H22N2O. The Morgan fingerprint density at radius 3 is 2.53 bits per heavy atom. The molecule has 3 heteroatoms. The van der Waals surface area contributed by atoms with Gasteiger partial charge in [-0.3, -0.25) is 0 Å². The number of hydrogen-bond donors (Lipinski definition) is 0. The Hall–Kier alpha value is -1.61. The van der Waals surface area contributed by atoms with Gasteiger partial charge in [-0.25, -0.2) is 4.98 Å². The number of aryl methyl sites for hydroxylation is 1. The molecule has 1 aromatic heterocycles. The van der Waals surface area contributed by atoms with Crippen molar-refractivity contribution in [3.8, 4) is 0 Å². The van der Waals surface area contributed by atoms with Crippen molar-refractivity contribution in [2.75, 3.05) is 31.2 Å². The quantitative estimate of drug-likeness (QED) is 0.784. The number of aromatic nitrogens is 1. The number of fused-ring (bicyclic) bond motifs is 1. The van der Waals surface area contributed by atoms with Gasteiger partial charge in [-0.2, -0.15) is 0 Å². The molecule has 3 nitrogen and oxygen atoms in total. The second-order valence-corrected chi connectivity index (χ2v) is 4.41. The zero-order valence-corrected chi connectivity index (χ0v) is 12.0. The Labute approximate surface area is 115 Å². The van der Waals surface area contributed by atoms with Crippen LogP contribution in [0.3, 0.4) is 0 Å². The maximum absolute atomic E-state index is 5.37. The Kier molecular flexibility index (Phi) is 4.74. The minimum Gasteiger partial charge on any atom is -0.378 e. The molecule has 0 aliphatic carbocycles. The standard InChI is InChI=1S/C14H16N2O.C2H6/c1-11-10-14(16-6-8-17-9-7-16)15-13-5-3-2-4-12(11)13;1-2/h2-5,10H,6-9H2,1H3;1-2H3. The molecular weight excluding hydrogens is 236 g/mol. The Morgan fingerprint density at radius 2 is 1.79 bits per heavy atom. The van der Waals surface area contributed by atoms with Gasteiger partial charge in [0.2, 0.25) is 0 Å². The van der Waals surface area contributed by atoms with Crippen LogP contribution in [-0.4, -0.2) is 31.3 Å². The van der Waals surface area contributed by atoms with Crippen molar-refractivity contribution in [3.05, 3.63) is 35.9 Å². The molecule has 0 atom stereocenters. The van der Waals surface area contributed by atoms with Crippen LogP contribution in [0.1, 0.15) is 19.4 Å². The smallest absolute Gasteiger partial charge is 0.129 e. The number of ether oxygens (including phenoxy) is 1. The number of benzene rings is 1. The molecule has 19 heavy (non-hydrogen) atoms. The molecule has 0 unspecified atom stereocenters. The van der Waals surface area contributed by atoms with E-state index in [1.54, 1.807) is 0 Å². The number of hydrogen-bond acceptors (Lipinski definition) is 3. The first-order valence-corrected chi connectivity index (χ1v) is 7.04. The number of nitrogens with zero attached hydrogens (tertiary/aromatic N) is 2. The normalized spacial score (nSPS) is 15.0. The molecule has 1 aromatic carbocycles. The second kappa shape index (κ2) is 6.53. The van der Waals surface area contributed by atoms with Crippen LogP contribution in [0.4, 0.5) is 5.82 Å². The number of pyridine rings is 1. The monoisotopic (exact) mass is 258 g/mol. The van der Waals surface area contributed by atoms with Crippen molar-refractivity contribution in [1.82, 2.24) is 4.98 Å². The maximum atomic E-state index is 5.37. The van der Waals surface area contributed by atoms with E-state index in [0.29, 0.717) is 0 Å². The van der Waals surface area contributed by atoms with E-state index in [9.17, 15) is 0 Å². The van der Waals surface area contributed by atoms with E-state index in [4.69, 9.17) is 9.72 Å². The van der Waals surface area contributed by atoms with Crippen molar-refractivity contribution >= 4 is 16.7 Å². The number of rotatable bonds is 1.